The Balaban J connectivity index is 3.32. The zero-order valence-corrected chi connectivity index (χ0v) is 4.29. The molecule has 1 atom stereocenters. The predicted molar refractivity (Wildman–Crippen MR) is 27.8 cm³/mol. The molecule has 0 aromatic heterocycles. The number of hydrogen-bond donors (Lipinski definition) is 4. The molecule has 0 aromatic rings. The molecule has 6 N–H and O–H groups in total. The standard InChI is InChI=1S/C3H9N3O2/c4-2(1-6-5)3(7)8/h2,6H,1,4-5H2,(H,7,8)/t2-/m0/s1. The van der Waals surface area contributed by atoms with Gasteiger partial charge >= 0.3 is 5.97 Å². The van der Waals surface area contributed by atoms with Crippen molar-refractivity contribution in [2.24, 2.45) is 11.6 Å². The highest BCUT2D eigenvalue weighted by Gasteiger charge is 2.08. The Morgan fingerprint density at radius 3 is 2.50 bits per heavy atom. The maximum absolute atomic E-state index is 9.87. The summed E-state index contributed by atoms with van der Waals surface area (Å²) in [6.07, 6.45) is 0. The van der Waals surface area contributed by atoms with Gasteiger partial charge in [-0.3, -0.25) is 16.1 Å². The van der Waals surface area contributed by atoms with Gasteiger partial charge in [-0.2, -0.15) is 0 Å². The van der Waals surface area contributed by atoms with E-state index in [-0.39, 0.29) is 6.54 Å². The van der Waals surface area contributed by atoms with Crippen molar-refractivity contribution in [2.75, 3.05) is 6.54 Å². The molecule has 0 rings (SSSR count). The molecule has 0 heterocycles. The Bertz CT molecular complexity index is 84.6. The van der Waals surface area contributed by atoms with Crippen LogP contribution in [0.2, 0.25) is 0 Å². The highest BCUT2D eigenvalue weighted by atomic mass is 16.4. The average molecular weight is 119 g/mol. The number of nitrogens with one attached hydrogen (secondary N) is 1. The van der Waals surface area contributed by atoms with Crippen LogP contribution in [0.1, 0.15) is 0 Å². The van der Waals surface area contributed by atoms with E-state index in [9.17, 15) is 4.79 Å². The molecule has 0 aromatic carbocycles. The van der Waals surface area contributed by atoms with E-state index in [1.54, 1.807) is 0 Å². The van der Waals surface area contributed by atoms with E-state index in [0.29, 0.717) is 0 Å². The van der Waals surface area contributed by atoms with E-state index < -0.39 is 12.0 Å². The molecule has 8 heavy (non-hydrogen) atoms. The van der Waals surface area contributed by atoms with Crippen molar-refractivity contribution in [3.63, 3.8) is 0 Å². The first-order valence-electron chi connectivity index (χ1n) is 2.10. The molecule has 0 saturated carbocycles. The molecule has 0 aliphatic rings. The van der Waals surface area contributed by atoms with Gasteiger partial charge in [0, 0.05) is 6.54 Å². The highest BCUT2D eigenvalue weighted by molar-refractivity contribution is 5.73. The van der Waals surface area contributed by atoms with Gasteiger partial charge in [0.05, 0.1) is 0 Å². The third kappa shape index (κ3) is 2.51. The molecule has 0 aliphatic heterocycles. The molecule has 0 saturated heterocycles. The first kappa shape index (κ1) is 7.35. The van der Waals surface area contributed by atoms with E-state index >= 15 is 0 Å². The Morgan fingerprint density at radius 2 is 2.38 bits per heavy atom. The van der Waals surface area contributed by atoms with Gasteiger partial charge < -0.3 is 10.8 Å². The molecule has 5 heteroatoms. The second-order valence-electron chi connectivity index (χ2n) is 1.35. The number of carboxylic acid groups (broad SMARTS) is 1. The summed E-state index contributed by atoms with van der Waals surface area (Å²) in [6, 6.07) is -0.903. The fraction of sp³-hybridized carbons (Fsp3) is 0.667. The van der Waals surface area contributed by atoms with E-state index in [1.165, 1.54) is 0 Å². The predicted octanol–water partition coefficient (Wildman–Crippen LogP) is -2.14. The molecule has 0 spiro atoms. The minimum absolute atomic E-state index is 0.0926. The second-order valence-corrected chi connectivity index (χ2v) is 1.35. The van der Waals surface area contributed by atoms with E-state index in [1.807, 2.05) is 0 Å². The Labute approximate surface area is 46.6 Å². The van der Waals surface area contributed by atoms with Crippen LogP contribution in [0, 0.1) is 0 Å². The quantitative estimate of drug-likeness (QED) is 0.251. The SMILES string of the molecule is NNC[C@H](N)C(=O)O. The first-order chi connectivity index (χ1) is 3.68. The summed E-state index contributed by atoms with van der Waals surface area (Å²) >= 11 is 0. The molecule has 48 valence electrons. The van der Waals surface area contributed by atoms with Crippen LogP contribution in [0.25, 0.3) is 0 Å². The zero-order valence-electron chi connectivity index (χ0n) is 4.29. The van der Waals surface area contributed by atoms with Crippen LogP contribution in [0.3, 0.4) is 0 Å². The molecule has 0 unspecified atom stereocenters. The third-order valence-electron chi connectivity index (χ3n) is 0.655. The minimum atomic E-state index is -1.05. The smallest absolute Gasteiger partial charge is 0.321 e. The molecule has 0 aliphatic carbocycles. The lowest BCUT2D eigenvalue weighted by Gasteiger charge is -2.01. The summed E-state index contributed by atoms with van der Waals surface area (Å²) in [7, 11) is 0. The number of nitrogens with two attached hydrogens (primary N) is 2. The van der Waals surface area contributed by atoms with E-state index in [4.69, 9.17) is 16.7 Å². The molecule has 0 fully saturated rings. The van der Waals surface area contributed by atoms with Gasteiger partial charge in [-0.15, -0.1) is 0 Å². The van der Waals surface area contributed by atoms with Crippen LogP contribution < -0.4 is 17.0 Å². The zero-order chi connectivity index (χ0) is 6.57. The van der Waals surface area contributed by atoms with Gasteiger partial charge in [0.15, 0.2) is 0 Å². The average Bonchev–Trinajstić information content (AvgIpc) is 1.67. The molecule has 0 bridgehead atoms. The number of hydrazine groups is 1. The summed E-state index contributed by atoms with van der Waals surface area (Å²) in [5, 5.41) is 8.09. The number of carboxylic acids is 1. The van der Waals surface area contributed by atoms with E-state index in [2.05, 4.69) is 5.43 Å². The maximum Gasteiger partial charge on any atom is 0.321 e. The molecular weight excluding hydrogens is 110 g/mol. The van der Waals surface area contributed by atoms with Crippen molar-refractivity contribution in [3.05, 3.63) is 0 Å². The van der Waals surface area contributed by atoms with Gasteiger partial charge in [-0.05, 0) is 0 Å². The molecular formula is C3H9N3O2. The number of aliphatic carboxylic acids is 1. The summed E-state index contributed by atoms with van der Waals surface area (Å²) in [5.41, 5.74) is 7.13. The fourth-order valence-corrected chi connectivity index (χ4v) is 0.214. The van der Waals surface area contributed by atoms with Crippen molar-refractivity contribution in [3.8, 4) is 0 Å². The Morgan fingerprint density at radius 1 is 1.88 bits per heavy atom. The summed E-state index contributed by atoms with van der Waals surface area (Å²) in [4.78, 5) is 9.87. The lowest BCUT2D eigenvalue weighted by molar-refractivity contribution is -0.138. The maximum atomic E-state index is 9.87. The molecule has 0 amide bonds. The number of carbonyl (C=O) groups is 1. The van der Waals surface area contributed by atoms with Crippen LogP contribution in [0.15, 0.2) is 0 Å². The normalized spacial score (nSPS) is 13.2. The summed E-state index contributed by atoms with van der Waals surface area (Å²) in [5.74, 6) is 3.72. The van der Waals surface area contributed by atoms with Crippen molar-refractivity contribution >= 4 is 5.97 Å². The first-order valence-corrected chi connectivity index (χ1v) is 2.10. The highest BCUT2D eigenvalue weighted by Crippen LogP contribution is 1.70. The Kier molecular flexibility index (Phi) is 3.09. The van der Waals surface area contributed by atoms with Crippen LogP contribution in [-0.2, 0) is 4.79 Å². The largest absolute Gasteiger partial charge is 0.480 e. The number of hydrogen-bond acceptors (Lipinski definition) is 4. The van der Waals surface area contributed by atoms with E-state index in [0.717, 1.165) is 0 Å². The monoisotopic (exact) mass is 119 g/mol. The summed E-state index contributed by atoms with van der Waals surface area (Å²) < 4.78 is 0. The van der Waals surface area contributed by atoms with Crippen molar-refractivity contribution < 1.29 is 9.90 Å². The van der Waals surface area contributed by atoms with Crippen molar-refractivity contribution in [1.29, 1.82) is 0 Å². The third-order valence-corrected chi connectivity index (χ3v) is 0.655. The lowest BCUT2D eigenvalue weighted by atomic mass is 10.3. The van der Waals surface area contributed by atoms with Crippen LogP contribution in [0.4, 0.5) is 0 Å². The topological polar surface area (TPSA) is 101 Å². The van der Waals surface area contributed by atoms with Crippen molar-refractivity contribution in [2.45, 2.75) is 6.04 Å². The van der Waals surface area contributed by atoms with Gasteiger partial charge in [0.2, 0.25) is 0 Å². The Hall–Kier alpha value is -0.650. The minimum Gasteiger partial charge on any atom is -0.480 e. The van der Waals surface area contributed by atoms with Crippen LogP contribution in [-0.4, -0.2) is 23.7 Å². The van der Waals surface area contributed by atoms with Gasteiger partial charge in [-0.1, -0.05) is 0 Å². The second kappa shape index (κ2) is 3.36. The van der Waals surface area contributed by atoms with Gasteiger partial charge in [0.1, 0.15) is 6.04 Å². The number of rotatable bonds is 3. The fourth-order valence-electron chi connectivity index (χ4n) is 0.214. The molecule has 5 nitrogen and oxygen atoms in total. The summed E-state index contributed by atoms with van der Waals surface area (Å²) in [6.45, 7) is 0.0926. The molecule has 0 radical (unpaired) electrons. The van der Waals surface area contributed by atoms with Crippen molar-refractivity contribution in [1.82, 2.24) is 5.43 Å². The van der Waals surface area contributed by atoms with Crippen LogP contribution in [0.5, 0.6) is 0 Å². The lowest BCUT2D eigenvalue weighted by Crippen LogP contribution is -2.42. The van der Waals surface area contributed by atoms with Gasteiger partial charge in [0.25, 0.3) is 0 Å². The van der Waals surface area contributed by atoms with Gasteiger partial charge in [-0.25, -0.2) is 0 Å². The van der Waals surface area contributed by atoms with Crippen LogP contribution >= 0.6 is 0 Å².